The first kappa shape index (κ1) is 14.4. The first-order valence-corrected chi connectivity index (χ1v) is 5.57. The van der Waals surface area contributed by atoms with Gasteiger partial charge in [-0.05, 0) is 25.0 Å². The summed E-state index contributed by atoms with van der Waals surface area (Å²) >= 11 is 0. The van der Waals surface area contributed by atoms with Crippen LogP contribution in [0.1, 0.15) is 29.6 Å². The summed E-state index contributed by atoms with van der Waals surface area (Å²) in [5.74, 6) is -1.20. The number of aromatic carboxylic acids is 1. The van der Waals surface area contributed by atoms with Crippen molar-refractivity contribution in [2.75, 3.05) is 6.61 Å². The first-order valence-electron chi connectivity index (χ1n) is 5.57. The second kappa shape index (κ2) is 6.96. The van der Waals surface area contributed by atoms with Gasteiger partial charge < -0.3 is 9.84 Å². The van der Waals surface area contributed by atoms with Crippen molar-refractivity contribution in [3.05, 3.63) is 33.9 Å². The number of ether oxygens (including phenoxy) is 1. The molecule has 0 amide bonds. The van der Waals surface area contributed by atoms with Crippen LogP contribution in [0, 0.1) is 21.4 Å². The van der Waals surface area contributed by atoms with E-state index >= 15 is 0 Å². The number of rotatable bonds is 7. The lowest BCUT2D eigenvalue weighted by molar-refractivity contribution is -0.385. The van der Waals surface area contributed by atoms with E-state index in [1.165, 1.54) is 12.1 Å². The van der Waals surface area contributed by atoms with Gasteiger partial charge in [0.15, 0.2) is 5.75 Å². The van der Waals surface area contributed by atoms with Crippen LogP contribution in [0.3, 0.4) is 0 Å². The third-order valence-corrected chi connectivity index (χ3v) is 2.34. The highest BCUT2D eigenvalue weighted by Crippen LogP contribution is 2.28. The van der Waals surface area contributed by atoms with Crippen LogP contribution < -0.4 is 4.74 Å². The van der Waals surface area contributed by atoms with Crippen molar-refractivity contribution in [2.24, 2.45) is 0 Å². The van der Waals surface area contributed by atoms with Gasteiger partial charge in [-0.15, -0.1) is 0 Å². The van der Waals surface area contributed by atoms with Crippen molar-refractivity contribution in [3.63, 3.8) is 0 Å². The summed E-state index contributed by atoms with van der Waals surface area (Å²) in [5, 5.41) is 27.9. The van der Waals surface area contributed by atoms with E-state index in [0.717, 1.165) is 6.07 Å². The molecule has 7 heteroatoms. The van der Waals surface area contributed by atoms with E-state index in [9.17, 15) is 14.9 Å². The van der Waals surface area contributed by atoms with Crippen LogP contribution in [0.4, 0.5) is 5.69 Å². The summed E-state index contributed by atoms with van der Waals surface area (Å²) in [4.78, 5) is 20.9. The highest BCUT2D eigenvalue weighted by molar-refractivity contribution is 5.88. The lowest BCUT2D eigenvalue weighted by Gasteiger charge is -2.06. The molecule has 0 aliphatic heterocycles. The van der Waals surface area contributed by atoms with E-state index in [2.05, 4.69) is 0 Å². The molecule has 0 atom stereocenters. The highest BCUT2D eigenvalue weighted by atomic mass is 16.6. The van der Waals surface area contributed by atoms with Crippen molar-refractivity contribution in [1.82, 2.24) is 0 Å². The van der Waals surface area contributed by atoms with Gasteiger partial charge in [0.25, 0.3) is 0 Å². The molecule has 0 aliphatic rings. The Hall–Kier alpha value is -2.62. The molecule has 1 aromatic carbocycles. The van der Waals surface area contributed by atoms with Crippen LogP contribution in [0.25, 0.3) is 0 Å². The van der Waals surface area contributed by atoms with Crippen molar-refractivity contribution in [3.8, 4) is 11.8 Å². The molecule has 1 N–H and O–H groups in total. The molecule has 19 heavy (non-hydrogen) atoms. The first-order chi connectivity index (χ1) is 9.06. The monoisotopic (exact) mass is 264 g/mol. The zero-order valence-electron chi connectivity index (χ0n) is 10.0. The number of carboxylic acids is 1. The van der Waals surface area contributed by atoms with E-state index < -0.39 is 10.9 Å². The van der Waals surface area contributed by atoms with E-state index in [0.29, 0.717) is 19.3 Å². The average molecular weight is 264 g/mol. The van der Waals surface area contributed by atoms with Crippen molar-refractivity contribution in [1.29, 1.82) is 5.26 Å². The molecule has 1 rings (SSSR count). The average Bonchev–Trinajstić information content (AvgIpc) is 2.38. The summed E-state index contributed by atoms with van der Waals surface area (Å²) in [5.41, 5.74) is -0.538. The minimum absolute atomic E-state index is 0.0342. The second-order valence-electron chi connectivity index (χ2n) is 3.71. The van der Waals surface area contributed by atoms with Crippen LogP contribution in [0.2, 0.25) is 0 Å². The SMILES string of the molecule is N#CCCCCOc1ccc(C(=O)O)cc1[N+](=O)[O-]. The Balaban J connectivity index is 2.75. The van der Waals surface area contributed by atoms with Gasteiger partial charge in [0.2, 0.25) is 0 Å². The van der Waals surface area contributed by atoms with Gasteiger partial charge >= 0.3 is 11.7 Å². The number of benzene rings is 1. The minimum atomic E-state index is -1.23. The highest BCUT2D eigenvalue weighted by Gasteiger charge is 2.18. The maximum Gasteiger partial charge on any atom is 0.335 e. The molecule has 100 valence electrons. The van der Waals surface area contributed by atoms with Crippen LogP contribution in [0.15, 0.2) is 18.2 Å². The molecule has 0 radical (unpaired) electrons. The number of unbranched alkanes of at least 4 members (excludes halogenated alkanes) is 2. The van der Waals surface area contributed by atoms with E-state index in [4.69, 9.17) is 15.1 Å². The fraction of sp³-hybridized carbons (Fsp3) is 0.333. The van der Waals surface area contributed by atoms with Crippen LogP contribution in [-0.4, -0.2) is 22.6 Å². The normalized spacial score (nSPS) is 9.63. The van der Waals surface area contributed by atoms with Gasteiger partial charge in [0.05, 0.1) is 23.2 Å². The Bertz CT molecular complexity index is 521. The van der Waals surface area contributed by atoms with Gasteiger partial charge in [0, 0.05) is 12.5 Å². The Kier molecular flexibility index (Phi) is 5.29. The molecule has 0 unspecified atom stereocenters. The largest absolute Gasteiger partial charge is 0.487 e. The van der Waals surface area contributed by atoms with Crippen LogP contribution in [0.5, 0.6) is 5.75 Å². The summed E-state index contributed by atoms with van der Waals surface area (Å²) in [6, 6.07) is 5.47. The summed E-state index contributed by atoms with van der Waals surface area (Å²) < 4.78 is 5.24. The number of hydrogen-bond donors (Lipinski definition) is 1. The Morgan fingerprint density at radius 1 is 1.47 bits per heavy atom. The van der Waals surface area contributed by atoms with Crippen molar-refractivity contribution < 1.29 is 19.6 Å². The topological polar surface area (TPSA) is 113 Å². The Morgan fingerprint density at radius 3 is 2.79 bits per heavy atom. The van der Waals surface area contributed by atoms with Gasteiger partial charge in [-0.1, -0.05) is 0 Å². The molecule has 0 fully saturated rings. The van der Waals surface area contributed by atoms with Crippen molar-refractivity contribution in [2.45, 2.75) is 19.3 Å². The summed E-state index contributed by atoms with van der Waals surface area (Å²) in [6.45, 7) is 0.245. The molecule has 0 bridgehead atoms. The number of carboxylic acid groups (broad SMARTS) is 1. The fourth-order valence-electron chi connectivity index (χ4n) is 1.40. The zero-order chi connectivity index (χ0) is 14.3. The van der Waals surface area contributed by atoms with Gasteiger partial charge in [-0.2, -0.15) is 5.26 Å². The molecular weight excluding hydrogens is 252 g/mol. The Morgan fingerprint density at radius 2 is 2.21 bits per heavy atom. The lowest BCUT2D eigenvalue weighted by atomic mass is 10.2. The number of hydrogen-bond acceptors (Lipinski definition) is 5. The zero-order valence-corrected chi connectivity index (χ0v) is 10.0. The number of nitro benzene ring substituents is 1. The number of nitriles is 1. The molecule has 0 aromatic heterocycles. The lowest BCUT2D eigenvalue weighted by Crippen LogP contribution is -2.03. The Labute approximate surface area is 109 Å². The van der Waals surface area contributed by atoms with E-state index in [1.807, 2.05) is 6.07 Å². The van der Waals surface area contributed by atoms with Crippen LogP contribution in [-0.2, 0) is 0 Å². The van der Waals surface area contributed by atoms with Gasteiger partial charge in [-0.25, -0.2) is 4.79 Å². The molecule has 7 nitrogen and oxygen atoms in total. The predicted molar refractivity (Wildman–Crippen MR) is 65.0 cm³/mol. The third-order valence-electron chi connectivity index (χ3n) is 2.34. The maximum absolute atomic E-state index is 10.8. The van der Waals surface area contributed by atoms with E-state index in [-0.39, 0.29) is 23.6 Å². The third kappa shape index (κ3) is 4.27. The molecule has 0 aliphatic carbocycles. The summed E-state index contributed by atoms with van der Waals surface area (Å²) in [6.07, 6.45) is 1.66. The van der Waals surface area contributed by atoms with Crippen LogP contribution >= 0.6 is 0 Å². The number of carbonyl (C=O) groups is 1. The van der Waals surface area contributed by atoms with Gasteiger partial charge in [-0.3, -0.25) is 10.1 Å². The number of nitrogens with zero attached hydrogens (tertiary/aromatic N) is 2. The predicted octanol–water partition coefficient (Wildman–Crippen LogP) is 2.37. The minimum Gasteiger partial charge on any atom is -0.487 e. The maximum atomic E-state index is 10.8. The standard InChI is InChI=1S/C12H12N2O5/c13-6-2-1-3-7-19-11-5-4-9(12(15)16)8-10(11)14(17)18/h4-5,8H,1-3,7H2,(H,15,16). The molecular formula is C12H12N2O5. The smallest absolute Gasteiger partial charge is 0.335 e. The molecule has 0 saturated carbocycles. The molecule has 0 saturated heterocycles. The van der Waals surface area contributed by atoms with Crippen molar-refractivity contribution >= 4 is 11.7 Å². The number of nitro groups is 1. The fourth-order valence-corrected chi connectivity index (χ4v) is 1.40. The molecule has 0 spiro atoms. The molecule has 0 heterocycles. The van der Waals surface area contributed by atoms with Gasteiger partial charge in [0.1, 0.15) is 0 Å². The second-order valence-corrected chi connectivity index (χ2v) is 3.71. The quantitative estimate of drug-likeness (QED) is 0.459. The summed E-state index contributed by atoms with van der Waals surface area (Å²) in [7, 11) is 0. The van der Waals surface area contributed by atoms with E-state index in [1.54, 1.807) is 0 Å². The molecule has 1 aromatic rings.